The van der Waals surface area contributed by atoms with Crippen LogP contribution in [0.3, 0.4) is 0 Å². The number of nitrogens with zero attached hydrogens (tertiary/aromatic N) is 1. The van der Waals surface area contributed by atoms with Crippen LogP contribution in [-0.2, 0) is 6.42 Å². The van der Waals surface area contributed by atoms with Crippen LogP contribution >= 0.6 is 0 Å². The lowest BCUT2D eigenvalue weighted by atomic mass is 9.92. The van der Waals surface area contributed by atoms with Gasteiger partial charge in [-0.1, -0.05) is 26.0 Å². The lowest BCUT2D eigenvalue weighted by molar-refractivity contribution is 0.0763. The molecule has 0 atom stereocenters. The van der Waals surface area contributed by atoms with Crippen LogP contribution in [0.5, 0.6) is 0 Å². The summed E-state index contributed by atoms with van der Waals surface area (Å²) in [5, 5.41) is 18.6. The summed E-state index contributed by atoms with van der Waals surface area (Å²) in [5.74, 6) is 0. The van der Waals surface area contributed by atoms with Crippen LogP contribution in [0.4, 0.5) is 5.69 Å². The molecule has 2 N–H and O–H groups in total. The fraction of sp³-hybridized carbons (Fsp3) is 0.571. The van der Waals surface area contributed by atoms with Crippen LogP contribution < -0.4 is 4.90 Å². The van der Waals surface area contributed by atoms with Gasteiger partial charge in [0.25, 0.3) is 0 Å². The van der Waals surface area contributed by atoms with E-state index >= 15 is 0 Å². The van der Waals surface area contributed by atoms with Crippen LogP contribution in [-0.4, -0.2) is 37.0 Å². The zero-order chi connectivity index (χ0) is 12.9. The summed E-state index contributed by atoms with van der Waals surface area (Å²) in [5.41, 5.74) is 1.96. The Balaban J connectivity index is 2.71. The first kappa shape index (κ1) is 14.0. The smallest absolute Gasteiger partial charge is 0.0523 e. The number of aryl methyl sites for hydroxylation is 1. The highest BCUT2D eigenvalue weighted by Gasteiger charge is 2.24. The Hall–Kier alpha value is -1.06. The standard InChI is InChI=1S/C14H23NO2/c1-4-12-5-7-13(8-6-12)15(3)9-14(2,10-16)11-17/h5-8,16-17H,4,9-11H2,1-3H3. The van der Waals surface area contributed by atoms with Crippen molar-refractivity contribution in [3.05, 3.63) is 29.8 Å². The number of anilines is 1. The molecule has 1 aromatic carbocycles. The van der Waals surface area contributed by atoms with Crippen molar-refractivity contribution in [2.24, 2.45) is 5.41 Å². The molecule has 0 radical (unpaired) electrons. The van der Waals surface area contributed by atoms with Crippen molar-refractivity contribution in [2.75, 3.05) is 31.7 Å². The number of hydrogen-bond acceptors (Lipinski definition) is 3. The first-order valence-corrected chi connectivity index (χ1v) is 6.06. The predicted molar refractivity (Wildman–Crippen MR) is 71.4 cm³/mol. The highest BCUT2D eigenvalue weighted by Crippen LogP contribution is 2.21. The second kappa shape index (κ2) is 6.03. The van der Waals surface area contributed by atoms with Gasteiger partial charge in [0.05, 0.1) is 13.2 Å². The number of aliphatic hydroxyl groups is 2. The molecule has 3 nitrogen and oxygen atoms in total. The fourth-order valence-electron chi connectivity index (χ4n) is 1.80. The maximum Gasteiger partial charge on any atom is 0.0523 e. The van der Waals surface area contributed by atoms with Crippen molar-refractivity contribution >= 4 is 5.69 Å². The zero-order valence-corrected chi connectivity index (χ0v) is 11.0. The summed E-state index contributed by atoms with van der Waals surface area (Å²) in [6, 6.07) is 8.38. The van der Waals surface area contributed by atoms with Crippen molar-refractivity contribution in [1.29, 1.82) is 0 Å². The molecule has 0 amide bonds. The fourth-order valence-corrected chi connectivity index (χ4v) is 1.80. The molecule has 0 fully saturated rings. The predicted octanol–water partition coefficient (Wildman–Crippen LogP) is 1.68. The molecule has 0 bridgehead atoms. The van der Waals surface area contributed by atoms with Gasteiger partial charge in [-0.15, -0.1) is 0 Å². The highest BCUT2D eigenvalue weighted by molar-refractivity contribution is 5.47. The van der Waals surface area contributed by atoms with E-state index in [4.69, 9.17) is 0 Å². The van der Waals surface area contributed by atoms with Crippen LogP contribution in [0.2, 0.25) is 0 Å². The minimum Gasteiger partial charge on any atom is -0.396 e. The number of rotatable bonds is 6. The van der Waals surface area contributed by atoms with Gasteiger partial charge in [0, 0.05) is 24.7 Å². The Labute approximate surface area is 104 Å². The van der Waals surface area contributed by atoms with Gasteiger partial charge >= 0.3 is 0 Å². The van der Waals surface area contributed by atoms with E-state index in [9.17, 15) is 10.2 Å². The van der Waals surface area contributed by atoms with Crippen LogP contribution in [0.1, 0.15) is 19.4 Å². The highest BCUT2D eigenvalue weighted by atomic mass is 16.3. The molecule has 0 heterocycles. The Morgan fingerprint density at radius 1 is 1.12 bits per heavy atom. The molecular weight excluding hydrogens is 214 g/mol. The van der Waals surface area contributed by atoms with E-state index in [1.54, 1.807) is 0 Å². The molecule has 96 valence electrons. The van der Waals surface area contributed by atoms with Gasteiger partial charge in [0.1, 0.15) is 0 Å². The number of aliphatic hydroxyl groups excluding tert-OH is 2. The topological polar surface area (TPSA) is 43.7 Å². The maximum atomic E-state index is 9.28. The van der Waals surface area contributed by atoms with Crippen LogP contribution in [0, 0.1) is 5.41 Å². The third-order valence-electron chi connectivity index (χ3n) is 3.17. The van der Waals surface area contributed by atoms with E-state index in [2.05, 4.69) is 36.1 Å². The summed E-state index contributed by atoms with van der Waals surface area (Å²) in [6.45, 7) is 4.62. The van der Waals surface area contributed by atoms with Crippen molar-refractivity contribution in [3.63, 3.8) is 0 Å². The average Bonchev–Trinajstić information content (AvgIpc) is 2.38. The third kappa shape index (κ3) is 3.72. The minimum absolute atomic E-state index is 0.0130. The Kier molecular flexibility index (Phi) is 4.97. The van der Waals surface area contributed by atoms with Gasteiger partial charge in [-0.05, 0) is 24.1 Å². The van der Waals surface area contributed by atoms with E-state index in [-0.39, 0.29) is 13.2 Å². The lowest BCUT2D eigenvalue weighted by Gasteiger charge is -2.31. The molecule has 0 aliphatic rings. The molecule has 1 aromatic rings. The third-order valence-corrected chi connectivity index (χ3v) is 3.17. The summed E-state index contributed by atoms with van der Waals surface area (Å²) in [4.78, 5) is 2.06. The molecule has 0 saturated carbocycles. The summed E-state index contributed by atoms with van der Waals surface area (Å²) < 4.78 is 0. The average molecular weight is 237 g/mol. The first-order chi connectivity index (χ1) is 8.04. The van der Waals surface area contributed by atoms with Gasteiger partial charge in [-0.25, -0.2) is 0 Å². The zero-order valence-electron chi connectivity index (χ0n) is 11.0. The van der Waals surface area contributed by atoms with E-state index in [0.717, 1.165) is 12.1 Å². The molecule has 1 rings (SSSR count). The molecule has 0 saturated heterocycles. The van der Waals surface area contributed by atoms with Gasteiger partial charge in [0.15, 0.2) is 0 Å². The van der Waals surface area contributed by atoms with Gasteiger partial charge in [-0.2, -0.15) is 0 Å². The normalized spacial score (nSPS) is 11.6. The Morgan fingerprint density at radius 2 is 1.65 bits per heavy atom. The summed E-state index contributed by atoms with van der Waals surface area (Å²) in [7, 11) is 1.98. The van der Waals surface area contributed by atoms with Gasteiger partial charge in [0.2, 0.25) is 0 Å². The monoisotopic (exact) mass is 237 g/mol. The molecule has 0 aliphatic heterocycles. The van der Waals surface area contributed by atoms with Gasteiger partial charge < -0.3 is 15.1 Å². The second-order valence-electron chi connectivity index (χ2n) is 5.00. The maximum absolute atomic E-state index is 9.28. The van der Waals surface area contributed by atoms with Crippen LogP contribution in [0.25, 0.3) is 0 Å². The number of benzene rings is 1. The first-order valence-electron chi connectivity index (χ1n) is 6.06. The van der Waals surface area contributed by atoms with E-state index in [1.165, 1.54) is 5.56 Å². The Morgan fingerprint density at radius 3 is 2.06 bits per heavy atom. The SMILES string of the molecule is CCc1ccc(N(C)CC(C)(CO)CO)cc1. The Bertz CT molecular complexity index is 331. The molecule has 0 spiro atoms. The lowest BCUT2D eigenvalue weighted by Crippen LogP contribution is -2.39. The summed E-state index contributed by atoms with van der Waals surface area (Å²) in [6.07, 6.45) is 1.04. The largest absolute Gasteiger partial charge is 0.396 e. The van der Waals surface area contributed by atoms with Crippen LogP contribution in [0.15, 0.2) is 24.3 Å². The second-order valence-corrected chi connectivity index (χ2v) is 5.00. The number of hydrogen-bond donors (Lipinski definition) is 2. The molecule has 0 unspecified atom stereocenters. The van der Waals surface area contributed by atoms with Crippen molar-refractivity contribution < 1.29 is 10.2 Å². The molecule has 0 aromatic heterocycles. The molecule has 3 heteroatoms. The van der Waals surface area contributed by atoms with Crippen molar-refractivity contribution in [3.8, 4) is 0 Å². The van der Waals surface area contributed by atoms with E-state index in [1.807, 2.05) is 14.0 Å². The minimum atomic E-state index is -0.460. The molecular formula is C14H23NO2. The van der Waals surface area contributed by atoms with E-state index < -0.39 is 5.41 Å². The van der Waals surface area contributed by atoms with Crippen molar-refractivity contribution in [2.45, 2.75) is 20.3 Å². The molecule has 17 heavy (non-hydrogen) atoms. The van der Waals surface area contributed by atoms with Gasteiger partial charge in [-0.3, -0.25) is 0 Å². The molecule has 0 aliphatic carbocycles. The quantitative estimate of drug-likeness (QED) is 0.791. The summed E-state index contributed by atoms with van der Waals surface area (Å²) >= 11 is 0. The van der Waals surface area contributed by atoms with E-state index in [0.29, 0.717) is 6.54 Å². The van der Waals surface area contributed by atoms with Crippen molar-refractivity contribution in [1.82, 2.24) is 0 Å².